The minimum atomic E-state index is -1.68. The normalized spacial score (nSPS) is 18.9. The van der Waals surface area contributed by atoms with Gasteiger partial charge in [0.25, 0.3) is 0 Å². The Labute approximate surface area is 114 Å². The van der Waals surface area contributed by atoms with Crippen LogP contribution in [0.15, 0.2) is 36.1 Å². The predicted octanol–water partition coefficient (Wildman–Crippen LogP) is 4.34. The van der Waals surface area contributed by atoms with Crippen LogP contribution in [0.25, 0.3) is 0 Å². The zero-order chi connectivity index (χ0) is 13.3. The van der Waals surface area contributed by atoms with E-state index in [0.29, 0.717) is 11.6 Å². The molecule has 0 amide bonds. The van der Waals surface area contributed by atoms with E-state index in [1.807, 2.05) is 18.2 Å². The standard InChI is InChI=1S/C14H17ClO2Si/c1-5-10-9-16-13-7-6-11(15)8-12(13)14(10)17-18(2,3)4/h6-8,14H,1,9H2,2-4H3. The number of benzene rings is 1. The van der Waals surface area contributed by atoms with Crippen LogP contribution in [0.5, 0.6) is 5.75 Å². The summed E-state index contributed by atoms with van der Waals surface area (Å²) in [6.45, 7) is 10.7. The highest BCUT2D eigenvalue weighted by atomic mass is 35.5. The summed E-state index contributed by atoms with van der Waals surface area (Å²) in [4.78, 5) is 0. The number of fused-ring (bicyclic) bond motifs is 1. The first-order valence-electron chi connectivity index (χ1n) is 5.89. The molecule has 1 unspecified atom stereocenters. The Morgan fingerprint density at radius 2 is 2.17 bits per heavy atom. The second-order valence-corrected chi connectivity index (χ2v) is 10.2. The minimum absolute atomic E-state index is 0.128. The van der Waals surface area contributed by atoms with Crippen molar-refractivity contribution in [3.8, 4) is 5.75 Å². The van der Waals surface area contributed by atoms with E-state index < -0.39 is 8.32 Å². The third-order valence-electron chi connectivity index (χ3n) is 2.65. The molecule has 2 rings (SSSR count). The van der Waals surface area contributed by atoms with Gasteiger partial charge in [0.1, 0.15) is 18.5 Å². The lowest BCUT2D eigenvalue weighted by molar-refractivity contribution is 0.186. The first-order chi connectivity index (χ1) is 8.40. The number of rotatable bonds is 2. The molecule has 1 aromatic rings. The summed E-state index contributed by atoms with van der Waals surface area (Å²) in [7, 11) is -1.68. The van der Waals surface area contributed by atoms with E-state index in [-0.39, 0.29) is 6.10 Å². The summed E-state index contributed by atoms with van der Waals surface area (Å²) < 4.78 is 11.9. The monoisotopic (exact) mass is 280 g/mol. The van der Waals surface area contributed by atoms with E-state index in [2.05, 4.69) is 32.0 Å². The molecule has 0 N–H and O–H groups in total. The van der Waals surface area contributed by atoms with Crippen molar-refractivity contribution in [3.63, 3.8) is 0 Å². The van der Waals surface area contributed by atoms with Crippen molar-refractivity contribution < 1.29 is 9.16 Å². The fourth-order valence-electron chi connectivity index (χ4n) is 1.91. The van der Waals surface area contributed by atoms with Gasteiger partial charge in [-0.1, -0.05) is 18.2 Å². The van der Waals surface area contributed by atoms with E-state index in [1.165, 1.54) is 0 Å². The molecule has 0 saturated carbocycles. The fraction of sp³-hybridized carbons (Fsp3) is 0.357. The van der Waals surface area contributed by atoms with Gasteiger partial charge < -0.3 is 9.16 Å². The molecule has 0 aliphatic carbocycles. The summed E-state index contributed by atoms with van der Waals surface area (Å²) in [5.41, 5.74) is 4.84. The molecule has 4 heteroatoms. The van der Waals surface area contributed by atoms with Gasteiger partial charge in [0.15, 0.2) is 8.32 Å². The number of ether oxygens (including phenoxy) is 1. The zero-order valence-corrected chi connectivity index (χ0v) is 12.7. The average molecular weight is 281 g/mol. The molecule has 18 heavy (non-hydrogen) atoms. The van der Waals surface area contributed by atoms with Gasteiger partial charge in [-0.15, -0.1) is 5.73 Å². The molecule has 1 aromatic carbocycles. The van der Waals surface area contributed by atoms with Gasteiger partial charge in [0.05, 0.1) is 0 Å². The Balaban J connectivity index is 2.47. The zero-order valence-electron chi connectivity index (χ0n) is 10.9. The van der Waals surface area contributed by atoms with Gasteiger partial charge in [-0.3, -0.25) is 0 Å². The molecule has 0 fully saturated rings. The van der Waals surface area contributed by atoms with Crippen molar-refractivity contribution in [2.75, 3.05) is 6.61 Å². The van der Waals surface area contributed by atoms with Gasteiger partial charge in [0, 0.05) is 16.2 Å². The highest BCUT2D eigenvalue weighted by Crippen LogP contribution is 2.40. The molecule has 0 bridgehead atoms. The first-order valence-corrected chi connectivity index (χ1v) is 9.68. The minimum Gasteiger partial charge on any atom is -0.488 e. The van der Waals surface area contributed by atoms with E-state index in [0.717, 1.165) is 16.9 Å². The van der Waals surface area contributed by atoms with E-state index in [1.54, 1.807) is 0 Å². The molecule has 1 aliphatic rings. The quantitative estimate of drug-likeness (QED) is 0.593. The second-order valence-electron chi connectivity index (χ2n) is 5.28. The molecular formula is C14H17ClO2Si. The summed E-state index contributed by atoms with van der Waals surface area (Å²) in [6, 6.07) is 5.62. The van der Waals surface area contributed by atoms with Crippen molar-refractivity contribution in [1.29, 1.82) is 0 Å². The van der Waals surface area contributed by atoms with Crippen molar-refractivity contribution >= 4 is 19.9 Å². The van der Waals surface area contributed by atoms with Crippen LogP contribution in [-0.4, -0.2) is 14.9 Å². The van der Waals surface area contributed by atoms with Crippen LogP contribution in [0.1, 0.15) is 11.7 Å². The van der Waals surface area contributed by atoms with E-state index >= 15 is 0 Å². The lowest BCUT2D eigenvalue weighted by atomic mass is 9.99. The van der Waals surface area contributed by atoms with E-state index in [4.69, 9.17) is 20.8 Å². The average Bonchev–Trinajstić information content (AvgIpc) is 2.28. The van der Waals surface area contributed by atoms with Crippen LogP contribution in [0.4, 0.5) is 0 Å². The maximum absolute atomic E-state index is 6.22. The molecule has 0 spiro atoms. The lowest BCUT2D eigenvalue weighted by Crippen LogP contribution is -2.31. The molecule has 1 aliphatic heterocycles. The molecule has 96 valence electrons. The van der Waals surface area contributed by atoms with Crippen LogP contribution in [-0.2, 0) is 4.43 Å². The highest BCUT2D eigenvalue weighted by Gasteiger charge is 2.31. The largest absolute Gasteiger partial charge is 0.488 e. The molecule has 0 saturated heterocycles. The maximum atomic E-state index is 6.22. The second kappa shape index (κ2) is 4.94. The van der Waals surface area contributed by atoms with Crippen molar-refractivity contribution in [1.82, 2.24) is 0 Å². The smallest absolute Gasteiger partial charge is 0.185 e. The molecule has 1 heterocycles. The molecule has 2 nitrogen and oxygen atoms in total. The summed E-state index contributed by atoms with van der Waals surface area (Å²) in [6.07, 6.45) is -0.128. The highest BCUT2D eigenvalue weighted by molar-refractivity contribution is 6.69. The maximum Gasteiger partial charge on any atom is 0.185 e. The first kappa shape index (κ1) is 13.4. The van der Waals surface area contributed by atoms with Gasteiger partial charge in [0.2, 0.25) is 0 Å². The fourth-order valence-corrected chi connectivity index (χ4v) is 3.06. The number of hydrogen-bond donors (Lipinski definition) is 0. The third-order valence-corrected chi connectivity index (χ3v) is 3.83. The summed E-state index contributed by atoms with van der Waals surface area (Å²) >= 11 is 6.06. The summed E-state index contributed by atoms with van der Waals surface area (Å²) in [5, 5.41) is 0.687. The lowest BCUT2D eigenvalue weighted by Gasteiger charge is -2.32. The number of hydrogen-bond acceptors (Lipinski definition) is 2. The van der Waals surface area contributed by atoms with Gasteiger partial charge in [-0.2, -0.15) is 0 Å². The Bertz CT molecular complexity index is 513. The van der Waals surface area contributed by atoms with Crippen molar-refractivity contribution in [2.45, 2.75) is 25.7 Å². The van der Waals surface area contributed by atoms with Crippen LogP contribution in [0.2, 0.25) is 24.7 Å². The van der Waals surface area contributed by atoms with Gasteiger partial charge in [-0.05, 0) is 37.8 Å². The Morgan fingerprint density at radius 3 is 2.78 bits per heavy atom. The Kier molecular flexibility index (Phi) is 3.69. The topological polar surface area (TPSA) is 18.5 Å². The Hall–Kier alpha value is -0.993. The molecule has 1 atom stereocenters. The molecule has 0 aromatic heterocycles. The molecular weight excluding hydrogens is 264 g/mol. The van der Waals surface area contributed by atoms with Crippen LogP contribution < -0.4 is 4.74 Å². The van der Waals surface area contributed by atoms with Crippen LogP contribution in [0, 0.1) is 0 Å². The summed E-state index contributed by atoms with van der Waals surface area (Å²) in [5.74, 6) is 0.835. The van der Waals surface area contributed by atoms with Crippen LogP contribution in [0.3, 0.4) is 0 Å². The molecule has 0 radical (unpaired) electrons. The van der Waals surface area contributed by atoms with Crippen molar-refractivity contribution in [3.05, 3.63) is 46.7 Å². The third kappa shape index (κ3) is 2.87. The van der Waals surface area contributed by atoms with Gasteiger partial charge in [-0.25, -0.2) is 0 Å². The number of halogens is 1. The predicted molar refractivity (Wildman–Crippen MR) is 76.8 cm³/mol. The van der Waals surface area contributed by atoms with E-state index in [9.17, 15) is 0 Å². The van der Waals surface area contributed by atoms with Gasteiger partial charge >= 0.3 is 0 Å². The SMILES string of the molecule is C=C=C1COc2ccc(Cl)cc2C1O[Si](C)(C)C. The Morgan fingerprint density at radius 1 is 1.44 bits per heavy atom. The van der Waals surface area contributed by atoms with Crippen molar-refractivity contribution in [2.24, 2.45) is 0 Å². The van der Waals surface area contributed by atoms with Crippen LogP contribution >= 0.6 is 11.6 Å².